The first-order chi connectivity index (χ1) is 8.56. The second-order valence-corrected chi connectivity index (χ2v) is 5.63. The summed E-state index contributed by atoms with van der Waals surface area (Å²) in [6.45, 7) is 2.60. The van der Waals surface area contributed by atoms with Crippen LogP contribution in [-0.4, -0.2) is 4.92 Å². The summed E-state index contributed by atoms with van der Waals surface area (Å²) in [6.07, 6.45) is 0. The molecule has 0 aliphatic heterocycles. The molecule has 4 nitrogen and oxygen atoms in total. The molecule has 0 unspecified atom stereocenters. The first-order valence-corrected chi connectivity index (χ1v) is 6.95. The molecular weight excluding hydrogens is 316 g/mol. The molecule has 0 saturated carbocycles. The minimum atomic E-state index is -0.365. The van der Waals surface area contributed by atoms with Crippen molar-refractivity contribution >= 4 is 38.0 Å². The number of hydrogen-bond donors (Lipinski definition) is 1. The Morgan fingerprint density at radius 2 is 2.22 bits per heavy atom. The van der Waals surface area contributed by atoms with Crippen LogP contribution >= 0.6 is 27.3 Å². The van der Waals surface area contributed by atoms with Crippen LogP contribution in [-0.2, 0) is 6.54 Å². The minimum Gasteiger partial charge on any atom is -0.380 e. The third-order valence-corrected chi connectivity index (χ3v) is 4.01. The zero-order valence-electron chi connectivity index (χ0n) is 9.64. The minimum absolute atomic E-state index is 0.176. The molecule has 0 bridgehead atoms. The van der Waals surface area contributed by atoms with Crippen LogP contribution in [0.15, 0.2) is 34.1 Å². The van der Waals surface area contributed by atoms with E-state index in [1.165, 1.54) is 5.56 Å². The van der Waals surface area contributed by atoms with E-state index in [4.69, 9.17) is 0 Å². The molecule has 2 rings (SSSR count). The van der Waals surface area contributed by atoms with Gasteiger partial charge in [0.05, 0.1) is 4.92 Å². The van der Waals surface area contributed by atoms with E-state index in [1.807, 2.05) is 25.1 Å². The lowest BCUT2D eigenvalue weighted by molar-refractivity contribution is -0.380. The van der Waals surface area contributed by atoms with Crippen molar-refractivity contribution in [2.75, 3.05) is 5.32 Å². The number of nitrogens with one attached hydrogen (secondary N) is 1. The average molecular weight is 327 g/mol. The third kappa shape index (κ3) is 3.08. The van der Waals surface area contributed by atoms with E-state index in [1.54, 1.807) is 11.4 Å². The van der Waals surface area contributed by atoms with Crippen LogP contribution in [0.25, 0.3) is 0 Å². The van der Waals surface area contributed by atoms with Crippen LogP contribution in [0.2, 0.25) is 0 Å². The zero-order valence-corrected chi connectivity index (χ0v) is 12.0. The highest BCUT2D eigenvalue weighted by atomic mass is 79.9. The van der Waals surface area contributed by atoms with Gasteiger partial charge >= 0.3 is 5.00 Å². The van der Waals surface area contributed by atoms with Crippen LogP contribution in [0.5, 0.6) is 0 Å². The van der Waals surface area contributed by atoms with Gasteiger partial charge in [-0.25, -0.2) is 0 Å². The Labute approximate surface area is 117 Å². The predicted molar refractivity (Wildman–Crippen MR) is 77.2 cm³/mol. The molecule has 1 heterocycles. The Morgan fingerprint density at radius 3 is 2.83 bits per heavy atom. The fourth-order valence-electron chi connectivity index (χ4n) is 1.51. The summed E-state index contributed by atoms with van der Waals surface area (Å²) in [5.41, 5.74) is 3.08. The number of hydrogen-bond acceptors (Lipinski definition) is 4. The van der Waals surface area contributed by atoms with E-state index in [0.717, 1.165) is 27.1 Å². The van der Waals surface area contributed by atoms with Crippen molar-refractivity contribution in [2.24, 2.45) is 0 Å². The van der Waals surface area contributed by atoms with Crippen LogP contribution in [0.3, 0.4) is 0 Å². The normalized spacial score (nSPS) is 10.3. The van der Waals surface area contributed by atoms with Crippen molar-refractivity contribution in [3.63, 3.8) is 0 Å². The molecular formula is C12H11BrN2O2S. The van der Waals surface area contributed by atoms with Gasteiger partial charge in [0, 0.05) is 28.2 Å². The van der Waals surface area contributed by atoms with Gasteiger partial charge in [0.25, 0.3) is 0 Å². The zero-order chi connectivity index (χ0) is 13.1. The molecule has 1 N–H and O–H groups in total. The van der Waals surface area contributed by atoms with Gasteiger partial charge in [-0.2, -0.15) is 0 Å². The second kappa shape index (κ2) is 5.49. The smallest absolute Gasteiger partial charge is 0.324 e. The summed E-state index contributed by atoms with van der Waals surface area (Å²) in [7, 11) is 0. The molecule has 18 heavy (non-hydrogen) atoms. The van der Waals surface area contributed by atoms with Crippen molar-refractivity contribution < 1.29 is 4.92 Å². The Morgan fingerprint density at radius 1 is 1.44 bits per heavy atom. The number of halogens is 1. The standard InChI is InChI=1S/C12H11BrN2O2S/c1-8-2-3-11(10(13)4-8)14-6-9-5-12(15(16)17)18-7-9/h2-5,7,14H,6H2,1H3. The first kappa shape index (κ1) is 13.0. The fraction of sp³-hybridized carbons (Fsp3) is 0.167. The van der Waals surface area contributed by atoms with Crippen molar-refractivity contribution in [1.29, 1.82) is 0 Å². The van der Waals surface area contributed by atoms with Gasteiger partial charge in [0.2, 0.25) is 0 Å². The quantitative estimate of drug-likeness (QED) is 0.671. The molecule has 0 aliphatic rings. The molecule has 0 spiro atoms. The molecule has 0 amide bonds. The largest absolute Gasteiger partial charge is 0.380 e. The predicted octanol–water partition coefficient (Wildman–Crippen LogP) is 4.34. The highest BCUT2D eigenvalue weighted by molar-refractivity contribution is 9.10. The molecule has 94 valence electrons. The summed E-state index contributed by atoms with van der Waals surface area (Å²) >= 11 is 4.63. The topological polar surface area (TPSA) is 55.2 Å². The maximum atomic E-state index is 10.6. The lowest BCUT2D eigenvalue weighted by atomic mass is 10.2. The van der Waals surface area contributed by atoms with Gasteiger partial charge in [-0.05, 0) is 46.1 Å². The number of nitro groups is 1. The molecule has 0 fully saturated rings. The average Bonchev–Trinajstić information content (AvgIpc) is 2.76. The second-order valence-electron chi connectivity index (χ2n) is 3.89. The highest BCUT2D eigenvalue weighted by Crippen LogP contribution is 2.26. The molecule has 0 aliphatic carbocycles. The number of aryl methyl sites for hydroxylation is 1. The Balaban J connectivity index is 2.04. The maximum absolute atomic E-state index is 10.6. The SMILES string of the molecule is Cc1ccc(NCc2csc([N+](=O)[O-])c2)c(Br)c1. The number of rotatable bonds is 4. The van der Waals surface area contributed by atoms with E-state index in [2.05, 4.69) is 21.2 Å². The summed E-state index contributed by atoms with van der Waals surface area (Å²) < 4.78 is 0.993. The van der Waals surface area contributed by atoms with Crippen molar-refractivity contribution in [1.82, 2.24) is 0 Å². The van der Waals surface area contributed by atoms with E-state index < -0.39 is 0 Å². The summed E-state index contributed by atoms with van der Waals surface area (Å²) in [6, 6.07) is 7.63. The summed E-state index contributed by atoms with van der Waals surface area (Å²) in [4.78, 5) is 10.2. The lowest BCUT2D eigenvalue weighted by Crippen LogP contribution is -1.98. The maximum Gasteiger partial charge on any atom is 0.324 e. The number of benzene rings is 1. The molecule has 2 aromatic rings. The van der Waals surface area contributed by atoms with Crippen LogP contribution in [0.4, 0.5) is 10.7 Å². The Bertz CT molecular complexity index is 583. The van der Waals surface area contributed by atoms with Gasteiger partial charge in [-0.3, -0.25) is 10.1 Å². The van der Waals surface area contributed by atoms with Gasteiger partial charge in [-0.15, -0.1) is 0 Å². The molecule has 1 aromatic carbocycles. The van der Waals surface area contributed by atoms with Gasteiger partial charge in [-0.1, -0.05) is 17.4 Å². The van der Waals surface area contributed by atoms with Crippen molar-refractivity contribution in [3.05, 3.63) is 55.4 Å². The highest BCUT2D eigenvalue weighted by Gasteiger charge is 2.09. The van der Waals surface area contributed by atoms with E-state index in [0.29, 0.717) is 6.54 Å². The van der Waals surface area contributed by atoms with Gasteiger partial charge in [0.15, 0.2) is 0 Å². The lowest BCUT2D eigenvalue weighted by Gasteiger charge is -2.07. The summed E-state index contributed by atoms with van der Waals surface area (Å²) in [5.74, 6) is 0. The van der Waals surface area contributed by atoms with Crippen LogP contribution in [0.1, 0.15) is 11.1 Å². The van der Waals surface area contributed by atoms with E-state index >= 15 is 0 Å². The number of anilines is 1. The number of thiophene rings is 1. The molecule has 0 saturated heterocycles. The van der Waals surface area contributed by atoms with Gasteiger partial charge < -0.3 is 5.32 Å². The molecule has 6 heteroatoms. The number of nitrogens with zero attached hydrogens (tertiary/aromatic N) is 1. The monoisotopic (exact) mass is 326 g/mol. The van der Waals surface area contributed by atoms with Crippen molar-refractivity contribution in [2.45, 2.75) is 13.5 Å². The Hall–Kier alpha value is -1.40. The molecule has 0 radical (unpaired) electrons. The Kier molecular flexibility index (Phi) is 3.98. The van der Waals surface area contributed by atoms with Gasteiger partial charge in [0.1, 0.15) is 0 Å². The first-order valence-electron chi connectivity index (χ1n) is 5.28. The van der Waals surface area contributed by atoms with E-state index in [-0.39, 0.29) is 9.92 Å². The summed E-state index contributed by atoms with van der Waals surface area (Å²) in [5, 5.41) is 15.8. The van der Waals surface area contributed by atoms with Crippen LogP contribution < -0.4 is 5.32 Å². The van der Waals surface area contributed by atoms with Crippen LogP contribution in [0, 0.1) is 17.0 Å². The van der Waals surface area contributed by atoms with Crippen molar-refractivity contribution in [3.8, 4) is 0 Å². The fourth-order valence-corrected chi connectivity index (χ4v) is 2.87. The molecule has 1 aromatic heterocycles. The molecule has 0 atom stereocenters. The van der Waals surface area contributed by atoms with E-state index in [9.17, 15) is 10.1 Å². The third-order valence-electron chi connectivity index (χ3n) is 2.43.